The molecule has 0 saturated heterocycles. The number of anilines is 1. The number of imidazole rings is 1. The number of ketones is 2. The van der Waals surface area contributed by atoms with Gasteiger partial charge in [-0.1, -0.05) is 34.9 Å². The minimum absolute atomic E-state index is 0.00648. The molecular formula is C19H20N6O8S3. The van der Waals surface area contributed by atoms with Crippen molar-refractivity contribution in [2.75, 3.05) is 30.5 Å². The summed E-state index contributed by atoms with van der Waals surface area (Å²) < 4.78 is 9.68. The van der Waals surface area contributed by atoms with E-state index < -0.39 is 28.4 Å². The van der Waals surface area contributed by atoms with Crippen molar-refractivity contribution in [3.05, 3.63) is 28.3 Å². The van der Waals surface area contributed by atoms with Crippen LogP contribution in [0.2, 0.25) is 0 Å². The van der Waals surface area contributed by atoms with Crippen LogP contribution in [0.1, 0.15) is 13.8 Å². The number of carbonyl (C=O) groups is 4. The number of esters is 2. The van der Waals surface area contributed by atoms with E-state index in [4.69, 9.17) is 5.73 Å². The van der Waals surface area contributed by atoms with E-state index in [2.05, 4.69) is 29.6 Å². The number of thioether (sulfide) groups is 2. The number of nitrogens with two attached hydrogens (primary N) is 1. The summed E-state index contributed by atoms with van der Waals surface area (Å²) in [6.45, 7) is 3.60. The molecule has 0 spiro atoms. The lowest BCUT2D eigenvalue weighted by Gasteiger charge is -1.98. The number of hydrogen-bond acceptors (Lipinski definition) is 15. The number of benzene rings is 1. The quantitative estimate of drug-likeness (QED) is 0.114. The van der Waals surface area contributed by atoms with Crippen LogP contribution in [0.15, 0.2) is 27.7 Å². The van der Waals surface area contributed by atoms with Crippen LogP contribution in [0.4, 0.5) is 10.8 Å². The molecule has 0 radical (unpaired) electrons. The maximum absolute atomic E-state index is 11.4. The normalized spacial score (nSPS) is 10.3. The van der Waals surface area contributed by atoms with E-state index in [1.165, 1.54) is 29.5 Å². The number of nitrogens with zero attached hydrogens (tertiary/aromatic N) is 4. The average molecular weight is 557 g/mol. The zero-order valence-electron chi connectivity index (χ0n) is 18.9. The molecule has 0 saturated carbocycles. The molecule has 17 heteroatoms. The van der Waals surface area contributed by atoms with Gasteiger partial charge in [-0.25, -0.2) is 14.6 Å². The maximum Gasteiger partial charge on any atom is 0.375 e. The molecule has 1 aromatic carbocycles. The van der Waals surface area contributed by atoms with Gasteiger partial charge in [0.15, 0.2) is 9.50 Å². The lowest BCUT2D eigenvalue weighted by atomic mass is 10.3. The highest BCUT2D eigenvalue weighted by Crippen LogP contribution is 2.24. The van der Waals surface area contributed by atoms with Crippen molar-refractivity contribution < 1.29 is 33.6 Å². The van der Waals surface area contributed by atoms with Crippen LogP contribution in [0, 0.1) is 10.1 Å². The van der Waals surface area contributed by atoms with Gasteiger partial charge in [0.1, 0.15) is 0 Å². The number of nitro groups is 1. The Hall–Kier alpha value is -3.57. The highest BCUT2D eigenvalue weighted by atomic mass is 32.2. The van der Waals surface area contributed by atoms with Gasteiger partial charge in [0.2, 0.25) is 16.7 Å². The molecule has 3 aromatic rings. The Morgan fingerprint density at radius 1 is 1.06 bits per heavy atom. The summed E-state index contributed by atoms with van der Waals surface area (Å²) in [7, 11) is 0. The van der Waals surface area contributed by atoms with Gasteiger partial charge in [0, 0.05) is 12.1 Å². The van der Waals surface area contributed by atoms with Gasteiger partial charge < -0.3 is 20.2 Å². The Morgan fingerprint density at radius 3 is 2.19 bits per heavy atom. The van der Waals surface area contributed by atoms with Crippen molar-refractivity contribution in [1.82, 2.24) is 20.2 Å². The number of nitro benzene ring substituents is 1. The molecule has 0 aliphatic carbocycles. The molecule has 3 N–H and O–H groups in total. The molecule has 2 aromatic heterocycles. The Labute approximate surface area is 215 Å². The predicted octanol–water partition coefficient (Wildman–Crippen LogP) is 2.04. The summed E-state index contributed by atoms with van der Waals surface area (Å²) in [5.74, 6) is -3.06. The first-order valence-corrected chi connectivity index (χ1v) is 12.8. The first kappa shape index (κ1) is 28.7. The average Bonchev–Trinajstić information content (AvgIpc) is 3.46. The third kappa shape index (κ3) is 8.90. The summed E-state index contributed by atoms with van der Waals surface area (Å²) in [5.41, 5.74) is 6.34. The lowest BCUT2D eigenvalue weighted by molar-refractivity contribution is -0.384. The molecule has 0 unspecified atom stereocenters. The number of H-pyrrole nitrogens is 1. The highest BCUT2D eigenvalue weighted by molar-refractivity contribution is 8.01. The number of aromatic amines is 1. The Kier molecular flexibility index (Phi) is 11.2. The lowest BCUT2D eigenvalue weighted by Crippen LogP contribution is -2.19. The van der Waals surface area contributed by atoms with Gasteiger partial charge >= 0.3 is 11.9 Å². The monoisotopic (exact) mass is 556 g/mol. The van der Waals surface area contributed by atoms with E-state index in [1.807, 2.05) is 0 Å². The molecule has 36 heavy (non-hydrogen) atoms. The van der Waals surface area contributed by atoms with Gasteiger partial charge in [-0.2, -0.15) is 0 Å². The third-order valence-electron chi connectivity index (χ3n) is 3.75. The number of aromatic nitrogens is 4. The first-order valence-electron chi connectivity index (χ1n) is 10.0. The zero-order chi connectivity index (χ0) is 26.7. The van der Waals surface area contributed by atoms with E-state index in [0.717, 1.165) is 23.5 Å². The minimum Gasteiger partial charge on any atom is -0.460 e. The van der Waals surface area contributed by atoms with Gasteiger partial charge in [0.25, 0.3) is 5.69 Å². The van der Waals surface area contributed by atoms with Crippen LogP contribution >= 0.6 is 34.9 Å². The molecule has 3 rings (SSSR count). The number of ether oxygens (including phenoxy) is 2. The molecule has 0 atom stereocenters. The largest absolute Gasteiger partial charge is 0.460 e. The topological polar surface area (TPSA) is 210 Å². The van der Waals surface area contributed by atoms with Crippen LogP contribution in [0.3, 0.4) is 0 Å². The van der Waals surface area contributed by atoms with Crippen LogP contribution < -0.4 is 5.73 Å². The summed E-state index contributed by atoms with van der Waals surface area (Å²) in [4.78, 5) is 61.9. The Balaban J connectivity index is 0.000000269. The number of rotatable bonds is 11. The third-order valence-corrected chi connectivity index (χ3v) is 6.51. The fourth-order valence-corrected chi connectivity index (χ4v) is 4.45. The standard InChI is InChI=1S/C12H11N3O5S.C7H9N3O3S2/c1-2-20-11(17)10(16)6-21-12-13-8-4-3-7(15(18)19)5-9(8)14-12;1-2-13-5(12)4(11)3-14-7-10-9-6(8)15-7/h3-5H,2,6H2,1H3,(H,13,14);2-3H2,1H3,(H2,8,9). The predicted molar refractivity (Wildman–Crippen MR) is 132 cm³/mol. The van der Waals surface area contributed by atoms with Crippen molar-refractivity contribution in [3.63, 3.8) is 0 Å². The van der Waals surface area contributed by atoms with Crippen LogP contribution in [-0.2, 0) is 28.7 Å². The number of non-ortho nitro benzene ring substituents is 1. The van der Waals surface area contributed by atoms with Crippen molar-refractivity contribution in [2.45, 2.75) is 23.3 Å². The van der Waals surface area contributed by atoms with Crippen LogP contribution in [0.5, 0.6) is 0 Å². The number of hydrogen-bond donors (Lipinski definition) is 2. The van der Waals surface area contributed by atoms with Gasteiger partial charge in [-0.3, -0.25) is 19.7 Å². The molecule has 192 valence electrons. The molecule has 0 amide bonds. The smallest absolute Gasteiger partial charge is 0.375 e. The van der Waals surface area contributed by atoms with Crippen molar-refractivity contribution in [1.29, 1.82) is 0 Å². The maximum atomic E-state index is 11.4. The fraction of sp³-hybridized carbons (Fsp3) is 0.316. The van der Waals surface area contributed by atoms with Crippen molar-refractivity contribution in [2.24, 2.45) is 0 Å². The number of fused-ring (bicyclic) bond motifs is 1. The van der Waals surface area contributed by atoms with Crippen LogP contribution in [-0.4, -0.2) is 73.3 Å². The van der Waals surface area contributed by atoms with Crippen molar-refractivity contribution in [3.8, 4) is 0 Å². The molecule has 0 aliphatic rings. The number of nitrogen functional groups attached to an aromatic ring is 1. The second kappa shape index (κ2) is 14.1. The Bertz CT molecular complexity index is 1260. The van der Waals surface area contributed by atoms with E-state index in [9.17, 15) is 29.3 Å². The first-order chi connectivity index (χ1) is 17.1. The molecule has 0 fully saturated rings. The number of nitrogens with one attached hydrogen (secondary N) is 1. The molecular weight excluding hydrogens is 536 g/mol. The van der Waals surface area contributed by atoms with Gasteiger partial charge in [-0.05, 0) is 19.9 Å². The van der Waals surface area contributed by atoms with E-state index in [0.29, 0.717) is 25.7 Å². The van der Waals surface area contributed by atoms with E-state index >= 15 is 0 Å². The minimum atomic E-state index is -0.878. The number of carbonyl (C=O) groups excluding carboxylic acids is 4. The molecule has 14 nitrogen and oxygen atoms in total. The highest BCUT2D eigenvalue weighted by Gasteiger charge is 2.17. The second-order valence-electron chi connectivity index (χ2n) is 6.27. The van der Waals surface area contributed by atoms with Gasteiger partial charge in [0.05, 0.1) is 40.7 Å². The molecule has 2 heterocycles. The molecule has 0 aliphatic heterocycles. The second-order valence-corrected chi connectivity index (χ2v) is 9.47. The number of Topliss-reactive ketones (excluding diaryl/α,β-unsaturated/α-hetero) is 2. The SMILES string of the molecule is CCOC(=O)C(=O)CSc1nc2ccc([N+](=O)[O-])cc2[nH]1.CCOC(=O)C(=O)CSc1nnc(N)s1. The summed E-state index contributed by atoms with van der Waals surface area (Å²) in [6, 6.07) is 4.22. The van der Waals surface area contributed by atoms with Crippen molar-refractivity contribution >= 4 is 80.2 Å². The van der Waals surface area contributed by atoms with E-state index in [-0.39, 0.29) is 30.4 Å². The summed E-state index contributed by atoms with van der Waals surface area (Å²) >= 11 is 3.32. The molecule has 0 bridgehead atoms. The fourth-order valence-electron chi connectivity index (χ4n) is 2.24. The zero-order valence-corrected chi connectivity index (χ0v) is 21.4. The van der Waals surface area contributed by atoms with Gasteiger partial charge in [-0.15, -0.1) is 10.2 Å². The van der Waals surface area contributed by atoms with E-state index in [1.54, 1.807) is 13.8 Å². The Morgan fingerprint density at radius 2 is 1.67 bits per heavy atom. The summed E-state index contributed by atoms with van der Waals surface area (Å²) in [5, 5.41) is 18.7. The van der Waals surface area contributed by atoms with Crippen LogP contribution in [0.25, 0.3) is 11.0 Å². The summed E-state index contributed by atoms with van der Waals surface area (Å²) in [6.07, 6.45) is 0.